The van der Waals surface area contributed by atoms with Crippen molar-refractivity contribution >= 4 is 16.9 Å². The maximum absolute atomic E-state index is 13.5. The second kappa shape index (κ2) is 5.40. The Labute approximate surface area is 122 Å². The molecule has 0 saturated heterocycles. The van der Waals surface area contributed by atoms with Crippen molar-refractivity contribution in [2.45, 2.75) is 0 Å². The maximum Gasteiger partial charge on any atom is 0.351 e. The van der Waals surface area contributed by atoms with Crippen LogP contribution in [-0.4, -0.2) is 5.97 Å². The molecule has 110 valence electrons. The molecule has 6 heteroatoms. The summed E-state index contributed by atoms with van der Waals surface area (Å²) in [6.07, 6.45) is 0. The van der Waals surface area contributed by atoms with E-state index >= 15 is 0 Å². The molecular formula is C16H8F2O4. The summed E-state index contributed by atoms with van der Waals surface area (Å²) in [5, 5.41) is 0.508. The molecule has 0 aliphatic rings. The van der Waals surface area contributed by atoms with Gasteiger partial charge in [-0.2, -0.15) is 0 Å². The van der Waals surface area contributed by atoms with Crippen molar-refractivity contribution in [3.05, 3.63) is 76.1 Å². The van der Waals surface area contributed by atoms with Gasteiger partial charge in [-0.15, -0.1) is 0 Å². The van der Waals surface area contributed by atoms with Gasteiger partial charge in [0, 0.05) is 11.5 Å². The Morgan fingerprint density at radius 3 is 2.64 bits per heavy atom. The number of rotatable bonds is 2. The van der Waals surface area contributed by atoms with Crippen LogP contribution in [0.15, 0.2) is 57.7 Å². The molecule has 0 N–H and O–H groups in total. The Morgan fingerprint density at radius 2 is 1.82 bits per heavy atom. The first-order valence-corrected chi connectivity index (χ1v) is 6.25. The van der Waals surface area contributed by atoms with Gasteiger partial charge in [0.15, 0.2) is 11.6 Å². The SMILES string of the molecule is O=C(Oc1cc(F)ccc1F)c1cc2ccccc2oc1=O. The fourth-order valence-corrected chi connectivity index (χ4v) is 1.91. The van der Waals surface area contributed by atoms with Gasteiger partial charge in [0.05, 0.1) is 0 Å². The predicted molar refractivity (Wildman–Crippen MR) is 73.8 cm³/mol. The van der Waals surface area contributed by atoms with E-state index in [0.29, 0.717) is 11.0 Å². The number of hydrogen-bond acceptors (Lipinski definition) is 4. The topological polar surface area (TPSA) is 56.5 Å². The standard InChI is InChI=1S/C16H8F2O4/c17-10-5-6-12(18)14(8-10)22-16(20)11-7-9-3-1-2-4-13(9)21-15(11)19/h1-8H. The third-order valence-electron chi connectivity index (χ3n) is 2.96. The third kappa shape index (κ3) is 2.58. The summed E-state index contributed by atoms with van der Waals surface area (Å²) in [4.78, 5) is 23.8. The van der Waals surface area contributed by atoms with Gasteiger partial charge in [0.1, 0.15) is 17.0 Å². The first kappa shape index (κ1) is 13.9. The molecule has 2 aromatic carbocycles. The Balaban J connectivity index is 2.00. The number of ether oxygens (including phenoxy) is 1. The molecule has 0 aliphatic heterocycles. The van der Waals surface area contributed by atoms with Crippen molar-refractivity contribution < 1.29 is 22.7 Å². The number of carbonyl (C=O) groups excluding carboxylic acids is 1. The van der Waals surface area contributed by atoms with Gasteiger partial charge in [0.2, 0.25) is 0 Å². The fraction of sp³-hybridized carbons (Fsp3) is 0. The molecule has 0 spiro atoms. The van der Waals surface area contributed by atoms with Gasteiger partial charge in [-0.25, -0.2) is 18.4 Å². The van der Waals surface area contributed by atoms with E-state index < -0.39 is 34.5 Å². The lowest BCUT2D eigenvalue weighted by Crippen LogP contribution is -2.19. The molecule has 3 aromatic rings. The smallest absolute Gasteiger partial charge is 0.351 e. The highest BCUT2D eigenvalue weighted by Gasteiger charge is 2.18. The lowest BCUT2D eigenvalue weighted by Gasteiger charge is -2.05. The highest BCUT2D eigenvalue weighted by atomic mass is 19.1. The molecule has 1 heterocycles. The minimum absolute atomic E-state index is 0.306. The van der Waals surface area contributed by atoms with Crippen LogP contribution in [0, 0.1) is 11.6 Å². The Bertz CT molecular complexity index is 931. The quantitative estimate of drug-likeness (QED) is 0.414. The minimum Gasteiger partial charge on any atom is -0.422 e. The molecular weight excluding hydrogens is 294 g/mol. The summed E-state index contributed by atoms with van der Waals surface area (Å²) in [6.45, 7) is 0. The highest BCUT2D eigenvalue weighted by Crippen LogP contribution is 2.20. The van der Waals surface area contributed by atoms with Gasteiger partial charge in [-0.1, -0.05) is 18.2 Å². The number of para-hydroxylation sites is 1. The van der Waals surface area contributed by atoms with Crippen LogP contribution >= 0.6 is 0 Å². The molecule has 0 amide bonds. The summed E-state index contributed by atoms with van der Waals surface area (Å²) in [6, 6.07) is 10.3. The van der Waals surface area contributed by atoms with Crippen molar-refractivity contribution in [3.8, 4) is 5.75 Å². The predicted octanol–water partition coefficient (Wildman–Crippen LogP) is 3.29. The van der Waals surface area contributed by atoms with Crippen LogP contribution in [0.3, 0.4) is 0 Å². The second-order valence-electron chi connectivity index (χ2n) is 4.45. The van der Waals surface area contributed by atoms with E-state index in [-0.39, 0.29) is 0 Å². The molecule has 0 unspecified atom stereocenters. The summed E-state index contributed by atoms with van der Waals surface area (Å²) >= 11 is 0. The first-order valence-electron chi connectivity index (χ1n) is 6.25. The Morgan fingerprint density at radius 1 is 1.05 bits per heavy atom. The molecule has 0 atom stereocenters. The van der Waals surface area contributed by atoms with Gasteiger partial charge >= 0.3 is 11.6 Å². The average molecular weight is 302 g/mol. The van der Waals surface area contributed by atoms with Gasteiger partial charge in [-0.05, 0) is 24.3 Å². The monoisotopic (exact) mass is 302 g/mol. The second-order valence-corrected chi connectivity index (χ2v) is 4.45. The van der Waals surface area contributed by atoms with Crippen molar-refractivity contribution in [1.82, 2.24) is 0 Å². The molecule has 0 saturated carbocycles. The lowest BCUT2D eigenvalue weighted by molar-refractivity contribution is 0.0723. The number of halogens is 2. The van der Waals surface area contributed by atoms with Crippen molar-refractivity contribution in [2.24, 2.45) is 0 Å². The van der Waals surface area contributed by atoms with Gasteiger partial charge in [-0.3, -0.25) is 0 Å². The zero-order valence-electron chi connectivity index (χ0n) is 11.0. The normalized spacial score (nSPS) is 10.6. The first-order chi connectivity index (χ1) is 10.5. The Kier molecular flexibility index (Phi) is 3.42. The van der Waals surface area contributed by atoms with Crippen LogP contribution in [0.25, 0.3) is 11.0 Å². The molecule has 0 radical (unpaired) electrons. The largest absolute Gasteiger partial charge is 0.422 e. The zero-order valence-corrected chi connectivity index (χ0v) is 11.0. The van der Waals surface area contributed by atoms with Gasteiger partial charge < -0.3 is 9.15 Å². The van der Waals surface area contributed by atoms with E-state index in [1.54, 1.807) is 24.3 Å². The van der Waals surface area contributed by atoms with Crippen molar-refractivity contribution in [1.29, 1.82) is 0 Å². The number of carbonyl (C=O) groups is 1. The van der Waals surface area contributed by atoms with Gasteiger partial charge in [0.25, 0.3) is 0 Å². The molecule has 1 aromatic heterocycles. The van der Waals surface area contributed by atoms with Crippen LogP contribution in [0.1, 0.15) is 10.4 Å². The summed E-state index contributed by atoms with van der Waals surface area (Å²) in [5.41, 5.74) is -1.01. The number of benzene rings is 2. The van der Waals surface area contributed by atoms with E-state index in [2.05, 4.69) is 0 Å². The van der Waals surface area contributed by atoms with Crippen LogP contribution in [-0.2, 0) is 0 Å². The van der Waals surface area contributed by atoms with E-state index in [1.165, 1.54) is 6.07 Å². The van der Waals surface area contributed by atoms with E-state index in [1.807, 2.05) is 0 Å². The van der Waals surface area contributed by atoms with E-state index in [4.69, 9.17) is 9.15 Å². The van der Waals surface area contributed by atoms with Crippen LogP contribution in [0.5, 0.6) is 5.75 Å². The average Bonchev–Trinajstić information content (AvgIpc) is 2.50. The molecule has 0 bridgehead atoms. The fourth-order valence-electron chi connectivity index (χ4n) is 1.91. The van der Waals surface area contributed by atoms with Crippen LogP contribution < -0.4 is 10.4 Å². The molecule has 3 rings (SSSR count). The number of esters is 1. The van der Waals surface area contributed by atoms with E-state index in [9.17, 15) is 18.4 Å². The van der Waals surface area contributed by atoms with Crippen LogP contribution in [0.4, 0.5) is 8.78 Å². The zero-order chi connectivity index (χ0) is 15.7. The summed E-state index contributed by atoms with van der Waals surface area (Å²) < 4.78 is 36.2. The molecule has 0 fully saturated rings. The Hall–Kier alpha value is -3.02. The van der Waals surface area contributed by atoms with E-state index in [0.717, 1.165) is 18.2 Å². The van der Waals surface area contributed by atoms with Crippen molar-refractivity contribution in [3.63, 3.8) is 0 Å². The third-order valence-corrected chi connectivity index (χ3v) is 2.96. The van der Waals surface area contributed by atoms with Crippen molar-refractivity contribution in [2.75, 3.05) is 0 Å². The molecule has 0 aliphatic carbocycles. The summed E-state index contributed by atoms with van der Waals surface area (Å²) in [5.74, 6) is -3.41. The maximum atomic E-state index is 13.5. The molecule has 4 nitrogen and oxygen atoms in total. The number of hydrogen-bond donors (Lipinski definition) is 0. The summed E-state index contributed by atoms with van der Waals surface area (Å²) in [7, 11) is 0. The molecule has 22 heavy (non-hydrogen) atoms. The lowest BCUT2D eigenvalue weighted by atomic mass is 10.2. The minimum atomic E-state index is -1.12. The van der Waals surface area contributed by atoms with Crippen LogP contribution in [0.2, 0.25) is 0 Å². The highest BCUT2D eigenvalue weighted by molar-refractivity contribution is 5.94. The number of fused-ring (bicyclic) bond motifs is 1.